The fraction of sp³-hybridized carbons (Fsp3) is 0.360. The Kier molecular flexibility index (Phi) is 21.3. The van der Waals surface area contributed by atoms with Crippen LogP contribution >= 0.6 is 0 Å². The molecule has 0 radical (unpaired) electrons. The quantitative estimate of drug-likeness (QED) is 0.225. The lowest BCUT2D eigenvalue weighted by atomic mass is 10.1. The van der Waals surface area contributed by atoms with E-state index in [1.165, 1.54) is 12.5 Å². The fourth-order valence-electron chi connectivity index (χ4n) is 2.29. The standard InChI is InChI=1S/C9H9NO2.C8H11N.C6H14N2O2.C2H4O2/c1-7(12)10-9-4-2-8(6-11)3-5-9;9-7-6-8-4-2-1-3-5-8;7-4-2-1-3-5(8)6(9)10;1-2(3)4/h2-6H,1H3,(H,10,12);1-5H,6-7,9H2;5H,1-4,7-8H2,(H,9,10);1H3,(H,3,4)/t;;5-;/m..0./s1. The van der Waals surface area contributed by atoms with Gasteiger partial charge in [0.05, 0.1) is 0 Å². The van der Waals surface area contributed by atoms with E-state index >= 15 is 0 Å². The number of hydrogen-bond donors (Lipinski definition) is 6. The summed E-state index contributed by atoms with van der Waals surface area (Å²) in [7, 11) is 0. The van der Waals surface area contributed by atoms with Crippen LogP contribution in [0.3, 0.4) is 0 Å². The van der Waals surface area contributed by atoms with Gasteiger partial charge in [0.15, 0.2) is 0 Å². The molecule has 0 aliphatic rings. The Morgan fingerprint density at radius 2 is 1.46 bits per heavy atom. The second-order valence-electron chi connectivity index (χ2n) is 7.19. The minimum Gasteiger partial charge on any atom is -0.481 e. The number of carbonyl (C=O) groups is 4. The molecule has 0 saturated carbocycles. The summed E-state index contributed by atoms with van der Waals surface area (Å²) in [6, 6.07) is 16.2. The Labute approximate surface area is 206 Å². The number of nitrogens with one attached hydrogen (secondary N) is 1. The number of aliphatic carboxylic acids is 2. The Hall–Kier alpha value is -3.60. The first-order valence-corrected chi connectivity index (χ1v) is 11.0. The molecule has 10 heteroatoms. The van der Waals surface area contributed by atoms with Gasteiger partial charge in [-0.15, -0.1) is 0 Å². The minimum atomic E-state index is -0.933. The molecule has 2 rings (SSSR count). The second kappa shape index (κ2) is 22.2. The van der Waals surface area contributed by atoms with Crippen molar-refractivity contribution >= 4 is 29.8 Å². The van der Waals surface area contributed by atoms with Crippen molar-refractivity contribution in [3.05, 3.63) is 65.7 Å². The zero-order chi connectivity index (χ0) is 27.1. The smallest absolute Gasteiger partial charge is 0.320 e. The summed E-state index contributed by atoms with van der Waals surface area (Å²) in [4.78, 5) is 40.0. The average Bonchev–Trinajstić information content (AvgIpc) is 2.81. The van der Waals surface area contributed by atoms with E-state index in [1.807, 2.05) is 18.2 Å². The largest absolute Gasteiger partial charge is 0.481 e. The highest BCUT2D eigenvalue weighted by Gasteiger charge is 2.09. The highest BCUT2D eigenvalue weighted by atomic mass is 16.4. The van der Waals surface area contributed by atoms with E-state index in [0.717, 1.165) is 39.0 Å². The maximum atomic E-state index is 10.6. The Morgan fingerprint density at radius 1 is 0.914 bits per heavy atom. The Morgan fingerprint density at radius 3 is 1.86 bits per heavy atom. The van der Waals surface area contributed by atoms with Crippen LogP contribution in [0.4, 0.5) is 5.69 Å². The molecule has 1 atom stereocenters. The third kappa shape index (κ3) is 23.4. The number of benzene rings is 2. The first kappa shape index (κ1) is 33.6. The number of nitrogens with two attached hydrogens (primary N) is 3. The molecule has 194 valence electrons. The summed E-state index contributed by atoms with van der Waals surface area (Å²) >= 11 is 0. The topological polar surface area (TPSA) is 199 Å². The van der Waals surface area contributed by atoms with Gasteiger partial charge in [-0.05, 0) is 62.2 Å². The highest BCUT2D eigenvalue weighted by molar-refractivity contribution is 5.89. The molecule has 0 fully saturated rings. The van der Waals surface area contributed by atoms with Gasteiger partial charge in [-0.2, -0.15) is 0 Å². The summed E-state index contributed by atoms with van der Waals surface area (Å²) in [5.74, 6) is -1.88. The van der Waals surface area contributed by atoms with Crippen LogP contribution in [0, 0.1) is 0 Å². The molecule has 0 saturated heterocycles. The summed E-state index contributed by atoms with van der Waals surface area (Å²) in [5, 5.41) is 18.3. The molecule has 2 aromatic rings. The summed E-state index contributed by atoms with van der Waals surface area (Å²) in [5.41, 5.74) is 18.4. The first-order valence-electron chi connectivity index (χ1n) is 11.0. The lowest BCUT2D eigenvalue weighted by Crippen LogP contribution is -2.29. The number of rotatable bonds is 9. The number of amides is 1. The van der Waals surface area contributed by atoms with Crippen molar-refractivity contribution in [3.63, 3.8) is 0 Å². The average molecular weight is 491 g/mol. The first-order chi connectivity index (χ1) is 16.6. The molecular formula is C25H38N4O6. The van der Waals surface area contributed by atoms with E-state index in [9.17, 15) is 14.4 Å². The zero-order valence-electron chi connectivity index (χ0n) is 20.4. The molecule has 0 bridgehead atoms. The Bertz CT molecular complexity index is 841. The molecule has 1 amide bonds. The number of aldehydes is 1. The predicted octanol–water partition coefficient (Wildman–Crippen LogP) is 2.26. The van der Waals surface area contributed by atoms with Crippen molar-refractivity contribution in [2.24, 2.45) is 17.2 Å². The van der Waals surface area contributed by atoms with Crippen molar-refractivity contribution < 1.29 is 29.4 Å². The van der Waals surface area contributed by atoms with Crippen LogP contribution in [0.15, 0.2) is 54.6 Å². The van der Waals surface area contributed by atoms with E-state index in [2.05, 4.69) is 17.4 Å². The van der Waals surface area contributed by atoms with Crippen molar-refractivity contribution in [1.82, 2.24) is 0 Å². The van der Waals surface area contributed by atoms with Gasteiger partial charge in [0.2, 0.25) is 5.91 Å². The van der Waals surface area contributed by atoms with Crippen LogP contribution in [0.5, 0.6) is 0 Å². The zero-order valence-corrected chi connectivity index (χ0v) is 20.4. The number of carboxylic acids is 2. The van der Waals surface area contributed by atoms with Crippen LogP contribution in [-0.4, -0.2) is 53.5 Å². The molecule has 0 heterocycles. The molecule has 2 aromatic carbocycles. The summed E-state index contributed by atoms with van der Waals surface area (Å²) in [6.07, 6.45) is 3.91. The van der Waals surface area contributed by atoms with Crippen LogP contribution in [0.1, 0.15) is 49.0 Å². The van der Waals surface area contributed by atoms with Gasteiger partial charge < -0.3 is 32.7 Å². The maximum Gasteiger partial charge on any atom is 0.320 e. The molecular weight excluding hydrogens is 452 g/mol. The lowest BCUT2D eigenvalue weighted by molar-refractivity contribution is -0.138. The van der Waals surface area contributed by atoms with E-state index < -0.39 is 18.0 Å². The lowest BCUT2D eigenvalue weighted by Gasteiger charge is -2.03. The van der Waals surface area contributed by atoms with Crippen molar-refractivity contribution in [3.8, 4) is 0 Å². The van der Waals surface area contributed by atoms with Crippen LogP contribution in [-0.2, 0) is 20.8 Å². The number of unbranched alkanes of at least 4 members (excludes halogenated alkanes) is 1. The molecule has 0 aliphatic carbocycles. The molecule has 35 heavy (non-hydrogen) atoms. The molecule has 0 unspecified atom stereocenters. The van der Waals surface area contributed by atoms with Gasteiger partial charge >= 0.3 is 5.97 Å². The number of anilines is 1. The fourth-order valence-corrected chi connectivity index (χ4v) is 2.29. The highest BCUT2D eigenvalue weighted by Crippen LogP contribution is 2.07. The third-order valence-electron chi connectivity index (χ3n) is 3.93. The Balaban J connectivity index is 0. The van der Waals surface area contributed by atoms with Gasteiger partial charge in [0.1, 0.15) is 12.3 Å². The number of hydrogen-bond acceptors (Lipinski definition) is 7. The van der Waals surface area contributed by atoms with Gasteiger partial charge in [0, 0.05) is 25.1 Å². The van der Waals surface area contributed by atoms with Gasteiger partial charge in [-0.25, -0.2) is 0 Å². The number of carboxylic acid groups (broad SMARTS) is 2. The van der Waals surface area contributed by atoms with Gasteiger partial charge in [0.25, 0.3) is 5.97 Å². The van der Waals surface area contributed by atoms with Gasteiger partial charge in [-0.1, -0.05) is 36.8 Å². The monoisotopic (exact) mass is 490 g/mol. The predicted molar refractivity (Wildman–Crippen MR) is 137 cm³/mol. The molecule has 10 nitrogen and oxygen atoms in total. The van der Waals surface area contributed by atoms with Crippen LogP contribution < -0.4 is 22.5 Å². The normalized spacial score (nSPS) is 9.97. The van der Waals surface area contributed by atoms with E-state index in [-0.39, 0.29) is 5.91 Å². The van der Waals surface area contributed by atoms with E-state index in [1.54, 1.807) is 24.3 Å². The summed E-state index contributed by atoms with van der Waals surface area (Å²) < 4.78 is 0. The molecule has 0 aromatic heterocycles. The van der Waals surface area contributed by atoms with Crippen molar-refractivity contribution in [1.29, 1.82) is 0 Å². The number of carbonyl (C=O) groups excluding carboxylic acids is 2. The minimum absolute atomic E-state index is 0.117. The van der Waals surface area contributed by atoms with Crippen LogP contribution in [0.25, 0.3) is 0 Å². The van der Waals surface area contributed by atoms with Gasteiger partial charge in [-0.3, -0.25) is 19.2 Å². The van der Waals surface area contributed by atoms with Crippen molar-refractivity contribution in [2.75, 3.05) is 18.4 Å². The second-order valence-corrected chi connectivity index (χ2v) is 7.19. The third-order valence-corrected chi connectivity index (χ3v) is 3.93. The van der Waals surface area contributed by atoms with E-state index in [4.69, 9.17) is 32.2 Å². The van der Waals surface area contributed by atoms with E-state index in [0.29, 0.717) is 24.2 Å². The SMILES string of the molecule is CC(=O)Nc1ccc(C=O)cc1.CC(=O)O.NCCCC[C@H](N)C(=O)O.NCCc1ccccc1. The summed E-state index contributed by atoms with van der Waals surface area (Å²) in [6.45, 7) is 3.87. The molecule has 0 aliphatic heterocycles. The molecule has 9 N–H and O–H groups in total. The maximum absolute atomic E-state index is 10.6. The van der Waals surface area contributed by atoms with Crippen LogP contribution in [0.2, 0.25) is 0 Å². The molecule has 0 spiro atoms. The van der Waals surface area contributed by atoms with Crippen molar-refractivity contribution in [2.45, 2.75) is 45.6 Å².